The lowest BCUT2D eigenvalue weighted by molar-refractivity contribution is 0.0448. The number of aliphatic imine (C=N–C) groups is 1. The highest BCUT2D eigenvalue weighted by atomic mass is 32.2. The van der Waals surface area contributed by atoms with Gasteiger partial charge in [-0.3, -0.25) is 9.20 Å². The first-order valence-electron chi connectivity index (χ1n) is 10.9. The van der Waals surface area contributed by atoms with Crippen LogP contribution in [0.15, 0.2) is 4.99 Å². The SMILES string of the molecule is CCS(=O)C1CCCC(NC(=NC)NCC(CC)(CC)NC(=O)OC(C)(C)C)C1. The molecule has 8 heteroatoms. The summed E-state index contributed by atoms with van der Waals surface area (Å²) in [6, 6.07) is 0.270. The Kier molecular flexibility index (Phi) is 10.4. The summed E-state index contributed by atoms with van der Waals surface area (Å²) in [5.74, 6) is 1.44. The number of rotatable bonds is 8. The van der Waals surface area contributed by atoms with Gasteiger partial charge in [0.05, 0.1) is 5.54 Å². The van der Waals surface area contributed by atoms with Gasteiger partial charge in [-0.1, -0.05) is 27.2 Å². The van der Waals surface area contributed by atoms with Gasteiger partial charge in [-0.25, -0.2) is 4.79 Å². The highest BCUT2D eigenvalue weighted by Gasteiger charge is 2.31. The molecule has 3 atom stereocenters. The smallest absolute Gasteiger partial charge is 0.408 e. The van der Waals surface area contributed by atoms with Crippen LogP contribution < -0.4 is 16.0 Å². The zero-order valence-corrected chi connectivity index (χ0v) is 20.2. The van der Waals surface area contributed by atoms with Crippen molar-refractivity contribution in [1.82, 2.24) is 16.0 Å². The molecule has 170 valence electrons. The van der Waals surface area contributed by atoms with E-state index in [2.05, 4.69) is 34.8 Å². The topological polar surface area (TPSA) is 91.8 Å². The van der Waals surface area contributed by atoms with Gasteiger partial charge in [-0.05, 0) is 52.9 Å². The van der Waals surface area contributed by atoms with E-state index in [0.717, 1.165) is 50.2 Å². The lowest BCUT2D eigenvalue weighted by Crippen LogP contribution is -2.58. The molecule has 29 heavy (non-hydrogen) atoms. The zero-order chi connectivity index (χ0) is 22.1. The maximum Gasteiger partial charge on any atom is 0.408 e. The molecule has 1 fully saturated rings. The Balaban J connectivity index is 2.67. The first kappa shape index (κ1) is 25.7. The fraction of sp³-hybridized carbons (Fsp3) is 0.905. The van der Waals surface area contributed by atoms with Crippen molar-refractivity contribution in [2.24, 2.45) is 4.99 Å². The van der Waals surface area contributed by atoms with E-state index in [4.69, 9.17) is 4.74 Å². The second kappa shape index (κ2) is 11.8. The molecule has 0 aliphatic heterocycles. The lowest BCUT2D eigenvalue weighted by Gasteiger charge is -2.35. The van der Waals surface area contributed by atoms with Gasteiger partial charge < -0.3 is 20.7 Å². The number of nitrogens with zero attached hydrogens (tertiary/aromatic N) is 1. The maximum absolute atomic E-state index is 12.3. The molecule has 0 saturated heterocycles. The minimum Gasteiger partial charge on any atom is -0.444 e. The van der Waals surface area contributed by atoms with E-state index in [9.17, 15) is 9.00 Å². The van der Waals surface area contributed by atoms with E-state index in [1.165, 1.54) is 0 Å². The minimum atomic E-state index is -0.749. The first-order chi connectivity index (χ1) is 13.6. The number of carbonyl (C=O) groups is 1. The molecule has 3 unspecified atom stereocenters. The van der Waals surface area contributed by atoms with Gasteiger partial charge in [0.15, 0.2) is 5.96 Å². The Morgan fingerprint density at radius 2 is 1.83 bits per heavy atom. The van der Waals surface area contributed by atoms with Crippen molar-refractivity contribution in [3.8, 4) is 0 Å². The number of amides is 1. The molecule has 0 bridgehead atoms. The molecule has 1 rings (SSSR count). The van der Waals surface area contributed by atoms with Gasteiger partial charge in [-0.15, -0.1) is 0 Å². The molecule has 0 aromatic heterocycles. The first-order valence-corrected chi connectivity index (χ1v) is 12.3. The van der Waals surface area contributed by atoms with Crippen LogP contribution in [-0.4, -0.2) is 58.0 Å². The molecule has 1 aliphatic rings. The van der Waals surface area contributed by atoms with E-state index >= 15 is 0 Å². The van der Waals surface area contributed by atoms with Crippen molar-refractivity contribution in [2.75, 3.05) is 19.3 Å². The molecule has 0 aromatic carbocycles. The Labute approximate surface area is 179 Å². The fourth-order valence-corrected chi connectivity index (χ4v) is 4.98. The number of alkyl carbamates (subject to hydrolysis) is 1. The molecule has 1 aliphatic carbocycles. The summed E-state index contributed by atoms with van der Waals surface area (Å²) in [5.41, 5.74) is -0.947. The third-order valence-corrected chi connectivity index (χ3v) is 7.30. The average molecular weight is 431 g/mol. The Hall–Kier alpha value is -1.31. The van der Waals surface area contributed by atoms with Crippen LogP contribution in [0, 0.1) is 0 Å². The highest BCUT2D eigenvalue weighted by Crippen LogP contribution is 2.23. The summed E-state index contributed by atoms with van der Waals surface area (Å²) in [5, 5.41) is 10.2. The van der Waals surface area contributed by atoms with E-state index in [1.807, 2.05) is 27.7 Å². The van der Waals surface area contributed by atoms with Gasteiger partial charge >= 0.3 is 6.09 Å². The summed E-state index contributed by atoms with van der Waals surface area (Å²) in [6.07, 6.45) is 5.23. The van der Waals surface area contributed by atoms with Crippen LogP contribution in [0.3, 0.4) is 0 Å². The van der Waals surface area contributed by atoms with Crippen LogP contribution in [0.25, 0.3) is 0 Å². The van der Waals surface area contributed by atoms with E-state index in [-0.39, 0.29) is 11.3 Å². The van der Waals surface area contributed by atoms with Crippen molar-refractivity contribution in [3.63, 3.8) is 0 Å². The molecular formula is C21H42N4O3S. The second-order valence-corrected chi connectivity index (χ2v) is 10.8. The number of carbonyl (C=O) groups excluding carboxylic acids is 1. The van der Waals surface area contributed by atoms with Crippen LogP contribution in [-0.2, 0) is 15.5 Å². The van der Waals surface area contributed by atoms with Crippen molar-refractivity contribution < 1.29 is 13.7 Å². The molecule has 3 N–H and O–H groups in total. The summed E-state index contributed by atoms with van der Waals surface area (Å²) in [7, 11) is 1.00. The molecule has 1 amide bonds. The van der Waals surface area contributed by atoms with Gasteiger partial charge in [0.2, 0.25) is 0 Å². The maximum atomic E-state index is 12.3. The third kappa shape index (κ3) is 8.93. The van der Waals surface area contributed by atoms with Crippen LogP contribution >= 0.6 is 0 Å². The summed E-state index contributed by atoms with van der Waals surface area (Å²) in [4.78, 5) is 16.7. The van der Waals surface area contributed by atoms with Gasteiger partial charge in [-0.2, -0.15) is 0 Å². The molecule has 1 saturated carbocycles. The Morgan fingerprint density at radius 3 is 2.34 bits per heavy atom. The summed E-state index contributed by atoms with van der Waals surface area (Å²) < 4.78 is 17.6. The van der Waals surface area contributed by atoms with Crippen LogP contribution in [0.1, 0.15) is 80.1 Å². The largest absolute Gasteiger partial charge is 0.444 e. The van der Waals surface area contributed by atoms with Crippen molar-refractivity contribution in [3.05, 3.63) is 0 Å². The van der Waals surface area contributed by atoms with Gasteiger partial charge in [0, 0.05) is 41.4 Å². The standard InChI is InChI=1S/C21H42N4O3S/c1-8-21(9-2,25-19(26)28-20(4,5)6)15-23-18(22-7)24-16-12-11-13-17(14-16)29(27)10-3/h16-17H,8-15H2,1-7H3,(H,25,26)(H2,22,23,24). The minimum absolute atomic E-state index is 0.267. The zero-order valence-electron chi connectivity index (χ0n) is 19.4. The van der Waals surface area contributed by atoms with Crippen molar-refractivity contribution in [1.29, 1.82) is 0 Å². The molecule has 7 nitrogen and oxygen atoms in total. The van der Waals surface area contributed by atoms with Gasteiger partial charge in [0.1, 0.15) is 5.60 Å². The number of hydrogen-bond donors (Lipinski definition) is 3. The Morgan fingerprint density at radius 1 is 1.17 bits per heavy atom. The normalized spacial score (nSPS) is 22.0. The molecule has 0 spiro atoms. The van der Waals surface area contributed by atoms with Gasteiger partial charge in [0.25, 0.3) is 0 Å². The molecule has 0 aromatic rings. The number of ether oxygens (including phenoxy) is 1. The summed E-state index contributed by atoms with van der Waals surface area (Å²) in [6.45, 7) is 12.2. The highest BCUT2D eigenvalue weighted by molar-refractivity contribution is 7.85. The number of hydrogen-bond acceptors (Lipinski definition) is 4. The van der Waals surface area contributed by atoms with Crippen molar-refractivity contribution in [2.45, 2.75) is 102 Å². The predicted octanol–water partition coefficient (Wildman–Crippen LogP) is 3.31. The average Bonchev–Trinajstić information content (AvgIpc) is 2.68. The monoisotopic (exact) mass is 430 g/mol. The fourth-order valence-electron chi connectivity index (χ4n) is 3.63. The van der Waals surface area contributed by atoms with E-state index in [1.54, 1.807) is 7.05 Å². The number of guanidine groups is 1. The number of nitrogens with one attached hydrogen (secondary N) is 3. The quantitative estimate of drug-likeness (QED) is 0.406. The molecular weight excluding hydrogens is 388 g/mol. The summed E-state index contributed by atoms with van der Waals surface area (Å²) >= 11 is 0. The predicted molar refractivity (Wildman–Crippen MR) is 122 cm³/mol. The van der Waals surface area contributed by atoms with Crippen molar-refractivity contribution >= 4 is 22.9 Å². The lowest BCUT2D eigenvalue weighted by atomic mass is 9.92. The van der Waals surface area contributed by atoms with Crippen LogP contribution in [0.4, 0.5) is 4.79 Å². The van der Waals surface area contributed by atoms with E-state index in [0.29, 0.717) is 6.54 Å². The Bertz CT molecular complexity index is 571. The molecule has 0 radical (unpaired) electrons. The van der Waals surface area contributed by atoms with E-state index < -0.39 is 28.0 Å². The third-order valence-electron chi connectivity index (χ3n) is 5.56. The van der Waals surface area contributed by atoms with Crippen LogP contribution in [0.5, 0.6) is 0 Å². The molecule has 0 heterocycles. The second-order valence-electron chi connectivity index (χ2n) is 8.84. The van der Waals surface area contributed by atoms with Crippen LogP contribution in [0.2, 0.25) is 0 Å².